The van der Waals surface area contributed by atoms with Crippen molar-refractivity contribution in [2.75, 3.05) is 26.2 Å². The normalized spacial score (nSPS) is 21.9. The Morgan fingerprint density at radius 2 is 2.47 bits per heavy atom. The first-order chi connectivity index (χ1) is 8.33. The Bertz CT molecular complexity index is 342. The van der Waals surface area contributed by atoms with Gasteiger partial charge in [0.2, 0.25) is 5.82 Å². The summed E-state index contributed by atoms with van der Waals surface area (Å²) in [6.45, 7) is 5.81. The number of morpholine rings is 1. The van der Waals surface area contributed by atoms with E-state index < -0.39 is 0 Å². The Hall–Kier alpha value is -1.02. The van der Waals surface area contributed by atoms with E-state index in [4.69, 9.17) is 15.2 Å². The molecule has 17 heavy (non-hydrogen) atoms. The SMILES string of the molecule is CCCN1CCOC(c2noc(CON)n2)C1. The molecule has 7 nitrogen and oxygen atoms in total. The van der Waals surface area contributed by atoms with Gasteiger partial charge in [-0.1, -0.05) is 12.1 Å². The van der Waals surface area contributed by atoms with E-state index >= 15 is 0 Å². The Labute approximate surface area is 99.8 Å². The largest absolute Gasteiger partial charge is 0.367 e. The highest BCUT2D eigenvalue weighted by Gasteiger charge is 2.25. The number of aromatic nitrogens is 2. The fourth-order valence-corrected chi connectivity index (χ4v) is 1.91. The van der Waals surface area contributed by atoms with E-state index in [9.17, 15) is 0 Å². The van der Waals surface area contributed by atoms with Crippen molar-refractivity contribution in [3.05, 3.63) is 11.7 Å². The molecular formula is C10H18N4O3. The van der Waals surface area contributed by atoms with Gasteiger partial charge in [0, 0.05) is 13.1 Å². The minimum absolute atomic E-state index is 0.120. The van der Waals surface area contributed by atoms with Gasteiger partial charge in [0.1, 0.15) is 12.7 Å². The Morgan fingerprint density at radius 3 is 3.24 bits per heavy atom. The van der Waals surface area contributed by atoms with Gasteiger partial charge in [-0.3, -0.25) is 9.74 Å². The molecule has 1 atom stereocenters. The summed E-state index contributed by atoms with van der Waals surface area (Å²) in [5.74, 6) is 5.88. The minimum atomic E-state index is -0.120. The van der Waals surface area contributed by atoms with Crippen LogP contribution in [0.25, 0.3) is 0 Å². The highest BCUT2D eigenvalue weighted by molar-refractivity contribution is 4.93. The summed E-state index contributed by atoms with van der Waals surface area (Å²) < 4.78 is 10.6. The molecular weight excluding hydrogens is 224 g/mol. The summed E-state index contributed by atoms with van der Waals surface area (Å²) in [7, 11) is 0. The first kappa shape index (κ1) is 12.4. The van der Waals surface area contributed by atoms with Crippen molar-refractivity contribution in [3.8, 4) is 0 Å². The third-order valence-corrected chi connectivity index (χ3v) is 2.67. The molecule has 0 amide bonds. The van der Waals surface area contributed by atoms with E-state index in [-0.39, 0.29) is 12.7 Å². The maximum atomic E-state index is 5.63. The average molecular weight is 242 g/mol. The van der Waals surface area contributed by atoms with Crippen molar-refractivity contribution >= 4 is 0 Å². The van der Waals surface area contributed by atoms with E-state index in [0.29, 0.717) is 18.3 Å². The molecule has 7 heteroatoms. The molecule has 0 bridgehead atoms. The zero-order chi connectivity index (χ0) is 12.1. The van der Waals surface area contributed by atoms with Crippen LogP contribution in [-0.2, 0) is 16.2 Å². The minimum Gasteiger partial charge on any atom is -0.367 e. The molecule has 1 saturated heterocycles. The van der Waals surface area contributed by atoms with Gasteiger partial charge in [0.05, 0.1) is 6.61 Å². The van der Waals surface area contributed by atoms with Crippen LogP contribution in [0.4, 0.5) is 0 Å². The summed E-state index contributed by atoms with van der Waals surface area (Å²) in [6, 6.07) is 0. The van der Waals surface area contributed by atoms with Gasteiger partial charge < -0.3 is 9.26 Å². The van der Waals surface area contributed by atoms with Crippen LogP contribution < -0.4 is 5.90 Å². The summed E-state index contributed by atoms with van der Waals surface area (Å²) >= 11 is 0. The molecule has 0 aliphatic carbocycles. The summed E-state index contributed by atoms with van der Waals surface area (Å²) in [4.78, 5) is 11.0. The number of ether oxygens (including phenoxy) is 1. The predicted molar refractivity (Wildman–Crippen MR) is 58.7 cm³/mol. The average Bonchev–Trinajstić information content (AvgIpc) is 2.79. The maximum absolute atomic E-state index is 5.63. The Balaban J connectivity index is 1.95. The highest BCUT2D eigenvalue weighted by atomic mass is 16.6. The molecule has 1 fully saturated rings. The molecule has 2 heterocycles. The lowest BCUT2D eigenvalue weighted by Crippen LogP contribution is -2.39. The van der Waals surface area contributed by atoms with Gasteiger partial charge in [0.25, 0.3) is 5.89 Å². The lowest BCUT2D eigenvalue weighted by Gasteiger charge is -2.30. The Morgan fingerprint density at radius 1 is 1.59 bits per heavy atom. The smallest absolute Gasteiger partial charge is 0.254 e. The summed E-state index contributed by atoms with van der Waals surface area (Å²) in [5, 5.41) is 3.88. The second kappa shape index (κ2) is 6.06. The van der Waals surface area contributed by atoms with Crippen LogP contribution in [-0.4, -0.2) is 41.3 Å². The standard InChI is InChI=1S/C10H18N4O3/c1-2-3-14-4-5-15-8(6-14)10-12-9(7-16-11)17-13-10/h8H,2-7,11H2,1H3. The fraction of sp³-hybridized carbons (Fsp3) is 0.800. The fourth-order valence-electron chi connectivity index (χ4n) is 1.91. The van der Waals surface area contributed by atoms with Gasteiger partial charge in [-0.05, 0) is 13.0 Å². The molecule has 96 valence electrons. The van der Waals surface area contributed by atoms with Crippen molar-refractivity contribution in [1.82, 2.24) is 15.0 Å². The molecule has 0 aromatic carbocycles. The van der Waals surface area contributed by atoms with Crippen LogP contribution in [0.1, 0.15) is 31.2 Å². The van der Waals surface area contributed by atoms with E-state index in [2.05, 4.69) is 26.8 Å². The monoisotopic (exact) mass is 242 g/mol. The van der Waals surface area contributed by atoms with Crippen molar-refractivity contribution in [1.29, 1.82) is 0 Å². The van der Waals surface area contributed by atoms with Crippen molar-refractivity contribution in [2.45, 2.75) is 26.1 Å². The number of nitrogens with zero attached hydrogens (tertiary/aromatic N) is 3. The van der Waals surface area contributed by atoms with Gasteiger partial charge in [-0.2, -0.15) is 4.98 Å². The zero-order valence-electron chi connectivity index (χ0n) is 9.96. The van der Waals surface area contributed by atoms with E-state index in [1.165, 1.54) is 0 Å². The zero-order valence-corrected chi connectivity index (χ0v) is 9.96. The molecule has 0 spiro atoms. The number of hydrogen-bond acceptors (Lipinski definition) is 7. The number of hydrogen-bond donors (Lipinski definition) is 1. The van der Waals surface area contributed by atoms with Crippen LogP contribution in [0, 0.1) is 0 Å². The maximum Gasteiger partial charge on any atom is 0.254 e. The quantitative estimate of drug-likeness (QED) is 0.740. The molecule has 1 aliphatic heterocycles. The molecule has 1 aromatic rings. The second-order valence-corrected chi connectivity index (χ2v) is 4.02. The van der Waals surface area contributed by atoms with Gasteiger partial charge in [0.15, 0.2) is 0 Å². The van der Waals surface area contributed by atoms with Gasteiger partial charge >= 0.3 is 0 Å². The highest BCUT2D eigenvalue weighted by Crippen LogP contribution is 2.19. The first-order valence-corrected chi connectivity index (χ1v) is 5.81. The van der Waals surface area contributed by atoms with E-state index in [1.807, 2.05) is 0 Å². The molecule has 1 aliphatic rings. The van der Waals surface area contributed by atoms with Gasteiger partial charge in [-0.15, -0.1) is 0 Å². The molecule has 0 radical (unpaired) electrons. The van der Waals surface area contributed by atoms with E-state index in [0.717, 1.165) is 26.1 Å². The van der Waals surface area contributed by atoms with Crippen LogP contribution in [0.3, 0.4) is 0 Å². The van der Waals surface area contributed by atoms with Crippen molar-refractivity contribution in [3.63, 3.8) is 0 Å². The van der Waals surface area contributed by atoms with E-state index in [1.54, 1.807) is 0 Å². The third kappa shape index (κ3) is 3.22. The lowest BCUT2D eigenvalue weighted by atomic mass is 10.2. The molecule has 1 unspecified atom stereocenters. The number of rotatable bonds is 5. The summed E-state index contributed by atoms with van der Waals surface area (Å²) in [6.07, 6.45) is 1.01. The lowest BCUT2D eigenvalue weighted by molar-refractivity contribution is -0.0350. The van der Waals surface area contributed by atoms with Gasteiger partial charge in [-0.25, -0.2) is 5.90 Å². The van der Waals surface area contributed by atoms with Crippen LogP contribution in [0.15, 0.2) is 4.52 Å². The van der Waals surface area contributed by atoms with Crippen LogP contribution >= 0.6 is 0 Å². The third-order valence-electron chi connectivity index (χ3n) is 2.67. The predicted octanol–water partition coefficient (Wildman–Crippen LogP) is 0.243. The van der Waals surface area contributed by atoms with Crippen molar-refractivity contribution < 1.29 is 14.1 Å². The first-order valence-electron chi connectivity index (χ1n) is 5.81. The summed E-state index contributed by atoms with van der Waals surface area (Å²) in [5.41, 5.74) is 0. The van der Waals surface area contributed by atoms with Crippen LogP contribution in [0.5, 0.6) is 0 Å². The topological polar surface area (TPSA) is 86.6 Å². The second-order valence-electron chi connectivity index (χ2n) is 4.02. The Kier molecular flexibility index (Phi) is 4.43. The van der Waals surface area contributed by atoms with Crippen molar-refractivity contribution in [2.24, 2.45) is 5.90 Å². The molecule has 0 saturated carbocycles. The molecule has 1 aromatic heterocycles. The van der Waals surface area contributed by atoms with Crippen LogP contribution in [0.2, 0.25) is 0 Å². The molecule has 2 rings (SSSR count). The number of nitrogens with two attached hydrogens (primary N) is 1. The molecule has 2 N–H and O–H groups in total.